The molecule has 1 aromatic rings. The Morgan fingerprint density at radius 3 is 2.44 bits per heavy atom. The van der Waals surface area contributed by atoms with E-state index in [0.717, 1.165) is 29.5 Å². The van der Waals surface area contributed by atoms with Crippen LogP contribution in [0.15, 0.2) is 12.3 Å². The second kappa shape index (κ2) is 6.95. The largest absolute Gasteiger partial charge is 0.353 e. The number of nitrogens with zero attached hydrogens (tertiary/aromatic N) is 2. The van der Waals surface area contributed by atoms with E-state index in [9.17, 15) is 0 Å². The normalized spacial score (nSPS) is 11.3. The SMILES string of the molecule is CCN(c1ncc(CNC(C)C)cc1Cl)C(C)C. The quantitative estimate of drug-likeness (QED) is 0.857. The molecule has 102 valence electrons. The summed E-state index contributed by atoms with van der Waals surface area (Å²) in [5.41, 5.74) is 1.12. The average molecular weight is 270 g/mol. The van der Waals surface area contributed by atoms with Crippen molar-refractivity contribution in [3.8, 4) is 0 Å². The van der Waals surface area contributed by atoms with Gasteiger partial charge in [-0.25, -0.2) is 4.98 Å². The number of hydrogen-bond donors (Lipinski definition) is 1. The van der Waals surface area contributed by atoms with E-state index in [1.165, 1.54) is 0 Å². The number of hydrogen-bond acceptors (Lipinski definition) is 3. The van der Waals surface area contributed by atoms with Gasteiger partial charge < -0.3 is 10.2 Å². The summed E-state index contributed by atoms with van der Waals surface area (Å²) in [5, 5.41) is 4.09. The molecule has 1 N–H and O–H groups in total. The minimum absolute atomic E-state index is 0.402. The number of halogens is 1. The van der Waals surface area contributed by atoms with Gasteiger partial charge in [0, 0.05) is 31.4 Å². The van der Waals surface area contributed by atoms with Crippen molar-refractivity contribution in [3.05, 3.63) is 22.8 Å². The van der Waals surface area contributed by atoms with Gasteiger partial charge in [0.2, 0.25) is 0 Å². The Bertz CT molecular complexity index is 377. The maximum absolute atomic E-state index is 6.33. The molecule has 3 nitrogen and oxygen atoms in total. The van der Waals surface area contributed by atoms with Crippen molar-refractivity contribution in [3.63, 3.8) is 0 Å². The van der Waals surface area contributed by atoms with Crippen LogP contribution in [-0.2, 0) is 6.54 Å². The van der Waals surface area contributed by atoms with Gasteiger partial charge in [0.15, 0.2) is 0 Å². The first-order valence-corrected chi connectivity index (χ1v) is 6.98. The Morgan fingerprint density at radius 2 is 2.00 bits per heavy atom. The van der Waals surface area contributed by atoms with E-state index in [-0.39, 0.29) is 0 Å². The van der Waals surface area contributed by atoms with Crippen molar-refractivity contribution in [1.29, 1.82) is 0 Å². The fourth-order valence-electron chi connectivity index (χ4n) is 1.86. The summed E-state index contributed by atoms with van der Waals surface area (Å²) in [7, 11) is 0. The zero-order valence-corrected chi connectivity index (χ0v) is 12.8. The fraction of sp³-hybridized carbons (Fsp3) is 0.643. The monoisotopic (exact) mass is 269 g/mol. The van der Waals surface area contributed by atoms with Crippen LogP contribution in [0, 0.1) is 0 Å². The van der Waals surface area contributed by atoms with Crippen LogP contribution in [0.3, 0.4) is 0 Å². The van der Waals surface area contributed by atoms with Gasteiger partial charge in [0.05, 0.1) is 5.02 Å². The lowest BCUT2D eigenvalue weighted by atomic mass is 10.2. The van der Waals surface area contributed by atoms with Crippen LogP contribution in [0.25, 0.3) is 0 Å². The van der Waals surface area contributed by atoms with Crippen molar-refractivity contribution in [2.45, 2.75) is 53.2 Å². The molecular weight excluding hydrogens is 246 g/mol. The Kier molecular flexibility index (Phi) is 5.89. The van der Waals surface area contributed by atoms with E-state index in [2.05, 4.69) is 49.8 Å². The van der Waals surface area contributed by atoms with Gasteiger partial charge in [0.1, 0.15) is 5.82 Å². The lowest BCUT2D eigenvalue weighted by molar-refractivity contribution is 0.587. The van der Waals surface area contributed by atoms with Gasteiger partial charge in [-0.1, -0.05) is 25.4 Å². The second-order valence-corrected chi connectivity index (χ2v) is 5.47. The summed E-state index contributed by atoms with van der Waals surface area (Å²) < 4.78 is 0. The summed E-state index contributed by atoms with van der Waals surface area (Å²) in [6.07, 6.45) is 1.90. The van der Waals surface area contributed by atoms with Crippen molar-refractivity contribution in [2.75, 3.05) is 11.4 Å². The topological polar surface area (TPSA) is 28.2 Å². The molecule has 0 radical (unpaired) electrons. The first kappa shape index (κ1) is 15.3. The van der Waals surface area contributed by atoms with Gasteiger partial charge in [-0.3, -0.25) is 0 Å². The number of rotatable bonds is 6. The highest BCUT2D eigenvalue weighted by Crippen LogP contribution is 2.25. The molecule has 0 atom stereocenters. The molecular formula is C14H24ClN3. The fourth-order valence-corrected chi connectivity index (χ4v) is 2.16. The van der Waals surface area contributed by atoms with Gasteiger partial charge in [-0.15, -0.1) is 0 Å². The van der Waals surface area contributed by atoms with Gasteiger partial charge in [-0.05, 0) is 32.4 Å². The molecule has 0 bridgehead atoms. The van der Waals surface area contributed by atoms with Crippen LogP contribution in [0.1, 0.15) is 40.2 Å². The predicted molar refractivity (Wildman–Crippen MR) is 79.4 cm³/mol. The molecule has 0 aromatic carbocycles. The summed E-state index contributed by atoms with van der Waals surface area (Å²) in [6.45, 7) is 12.4. The van der Waals surface area contributed by atoms with Crippen LogP contribution in [0.4, 0.5) is 5.82 Å². The van der Waals surface area contributed by atoms with E-state index in [0.29, 0.717) is 12.1 Å². The highest BCUT2D eigenvalue weighted by Gasteiger charge is 2.13. The van der Waals surface area contributed by atoms with Crippen LogP contribution in [0.5, 0.6) is 0 Å². The molecule has 0 aliphatic heterocycles. The highest BCUT2D eigenvalue weighted by molar-refractivity contribution is 6.33. The highest BCUT2D eigenvalue weighted by atomic mass is 35.5. The third-order valence-electron chi connectivity index (χ3n) is 2.83. The molecule has 0 spiro atoms. The molecule has 18 heavy (non-hydrogen) atoms. The molecule has 0 saturated heterocycles. The zero-order valence-electron chi connectivity index (χ0n) is 12.0. The number of pyridine rings is 1. The van der Waals surface area contributed by atoms with E-state index in [1.54, 1.807) is 0 Å². The molecule has 0 aliphatic rings. The summed E-state index contributed by atoms with van der Waals surface area (Å²) in [4.78, 5) is 6.70. The third-order valence-corrected chi connectivity index (χ3v) is 3.11. The van der Waals surface area contributed by atoms with E-state index in [4.69, 9.17) is 11.6 Å². The Labute approximate surface area is 116 Å². The van der Waals surface area contributed by atoms with Gasteiger partial charge in [0.25, 0.3) is 0 Å². The molecule has 0 amide bonds. The lowest BCUT2D eigenvalue weighted by Gasteiger charge is -2.27. The van der Waals surface area contributed by atoms with Gasteiger partial charge >= 0.3 is 0 Å². The molecule has 1 aromatic heterocycles. The smallest absolute Gasteiger partial charge is 0.147 e. The standard InChI is InChI=1S/C14H24ClN3/c1-6-18(11(4)5)14-13(15)7-12(9-17-14)8-16-10(2)3/h7,9-11,16H,6,8H2,1-5H3. The number of nitrogens with one attached hydrogen (secondary N) is 1. The number of anilines is 1. The second-order valence-electron chi connectivity index (χ2n) is 5.06. The molecule has 0 aliphatic carbocycles. The lowest BCUT2D eigenvalue weighted by Crippen LogP contribution is -2.31. The zero-order chi connectivity index (χ0) is 13.7. The summed E-state index contributed by atoms with van der Waals surface area (Å²) in [6, 6.07) is 2.87. The van der Waals surface area contributed by atoms with E-state index in [1.807, 2.05) is 12.3 Å². The average Bonchev–Trinajstić information content (AvgIpc) is 2.29. The van der Waals surface area contributed by atoms with Crippen LogP contribution >= 0.6 is 11.6 Å². The Hall–Kier alpha value is -0.800. The minimum atomic E-state index is 0.402. The van der Waals surface area contributed by atoms with Gasteiger partial charge in [-0.2, -0.15) is 0 Å². The molecule has 0 unspecified atom stereocenters. The molecule has 0 fully saturated rings. The minimum Gasteiger partial charge on any atom is -0.353 e. The Morgan fingerprint density at radius 1 is 1.33 bits per heavy atom. The maximum atomic E-state index is 6.33. The van der Waals surface area contributed by atoms with Crippen molar-refractivity contribution >= 4 is 17.4 Å². The van der Waals surface area contributed by atoms with Crippen LogP contribution in [0.2, 0.25) is 5.02 Å². The summed E-state index contributed by atoms with van der Waals surface area (Å²) >= 11 is 6.33. The van der Waals surface area contributed by atoms with Crippen molar-refractivity contribution < 1.29 is 0 Å². The van der Waals surface area contributed by atoms with Crippen molar-refractivity contribution in [1.82, 2.24) is 10.3 Å². The first-order valence-electron chi connectivity index (χ1n) is 6.60. The first-order chi connectivity index (χ1) is 8.45. The third kappa shape index (κ3) is 4.14. The van der Waals surface area contributed by atoms with Crippen LogP contribution < -0.4 is 10.2 Å². The molecule has 1 rings (SSSR count). The molecule has 0 saturated carbocycles. The number of aromatic nitrogens is 1. The van der Waals surface area contributed by atoms with Crippen molar-refractivity contribution in [2.24, 2.45) is 0 Å². The maximum Gasteiger partial charge on any atom is 0.147 e. The van der Waals surface area contributed by atoms with E-state index >= 15 is 0 Å². The molecule has 1 heterocycles. The summed E-state index contributed by atoms with van der Waals surface area (Å²) in [5.74, 6) is 0.877. The Balaban J connectivity index is 2.85. The molecule has 4 heteroatoms. The predicted octanol–water partition coefficient (Wildman–Crippen LogP) is 3.47. The van der Waals surface area contributed by atoms with E-state index < -0.39 is 0 Å². The van der Waals surface area contributed by atoms with Crippen LogP contribution in [-0.4, -0.2) is 23.6 Å².